The van der Waals surface area contributed by atoms with Crippen LogP contribution in [0.25, 0.3) is 10.9 Å². The van der Waals surface area contributed by atoms with E-state index >= 15 is 0 Å². The lowest BCUT2D eigenvalue weighted by molar-refractivity contribution is -0.134. The van der Waals surface area contributed by atoms with E-state index in [0.717, 1.165) is 68.5 Å². The minimum Gasteiger partial charge on any atom is -0.444 e. The predicted molar refractivity (Wildman–Crippen MR) is 149 cm³/mol. The van der Waals surface area contributed by atoms with Crippen molar-refractivity contribution >= 4 is 28.8 Å². The van der Waals surface area contributed by atoms with Gasteiger partial charge in [-0.25, -0.2) is 4.79 Å². The van der Waals surface area contributed by atoms with Crippen LogP contribution < -0.4 is 5.32 Å². The lowest BCUT2D eigenvalue weighted by Gasteiger charge is -2.42. The summed E-state index contributed by atoms with van der Waals surface area (Å²) in [5.74, 6) is 0.272. The Bertz CT molecular complexity index is 1230. The molecule has 0 aliphatic carbocycles. The highest BCUT2D eigenvalue weighted by atomic mass is 16.6. The van der Waals surface area contributed by atoms with Gasteiger partial charge in [-0.3, -0.25) is 19.6 Å². The molecule has 3 saturated heterocycles. The number of rotatable bonds is 4. The van der Waals surface area contributed by atoms with E-state index in [2.05, 4.69) is 35.3 Å². The number of carbonyl (C=O) groups is 3. The summed E-state index contributed by atoms with van der Waals surface area (Å²) in [5, 5.41) is 8.16. The molecular formula is C30H43N5O4. The molecule has 3 aliphatic heterocycles. The van der Waals surface area contributed by atoms with E-state index in [1.807, 2.05) is 37.4 Å². The number of nitrogens with zero attached hydrogens (tertiary/aromatic N) is 4. The number of ether oxygens (including phenoxy) is 1. The molecule has 1 aromatic heterocycles. The van der Waals surface area contributed by atoms with Crippen molar-refractivity contribution in [2.45, 2.75) is 89.7 Å². The van der Waals surface area contributed by atoms with Crippen LogP contribution in [0, 0.1) is 5.92 Å². The SMILES string of the molecule is CC(C1CCN(C(=O)OC(C)(C)C)CC1)N1CCC(c2ccc3c(C4CCC(=O)NC4=O)nn(C)c3c2)CC1. The van der Waals surface area contributed by atoms with Crippen molar-refractivity contribution < 1.29 is 19.1 Å². The van der Waals surface area contributed by atoms with Gasteiger partial charge >= 0.3 is 6.09 Å². The number of imide groups is 1. The number of fused-ring (bicyclic) bond motifs is 1. The van der Waals surface area contributed by atoms with Gasteiger partial charge in [-0.2, -0.15) is 5.10 Å². The van der Waals surface area contributed by atoms with E-state index in [9.17, 15) is 14.4 Å². The van der Waals surface area contributed by atoms with Crippen LogP contribution in [0.4, 0.5) is 4.79 Å². The van der Waals surface area contributed by atoms with Gasteiger partial charge in [0.05, 0.1) is 17.1 Å². The second-order valence-electron chi connectivity index (χ2n) is 12.6. The summed E-state index contributed by atoms with van der Waals surface area (Å²) in [5.41, 5.74) is 2.69. The Kier molecular flexibility index (Phi) is 7.73. The Morgan fingerprint density at radius 1 is 1.05 bits per heavy atom. The molecule has 39 heavy (non-hydrogen) atoms. The van der Waals surface area contributed by atoms with Crippen molar-refractivity contribution in [1.29, 1.82) is 0 Å². The van der Waals surface area contributed by atoms with E-state index < -0.39 is 5.60 Å². The van der Waals surface area contributed by atoms with Gasteiger partial charge in [0.25, 0.3) is 0 Å². The molecule has 3 amide bonds. The van der Waals surface area contributed by atoms with Crippen molar-refractivity contribution in [1.82, 2.24) is 24.9 Å². The average Bonchev–Trinajstić information content (AvgIpc) is 3.23. The van der Waals surface area contributed by atoms with Gasteiger partial charge in [0.1, 0.15) is 5.60 Å². The maximum atomic E-state index is 12.5. The number of hydrogen-bond donors (Lipinski definition) is 1. The Labute approximate surface area is 231 Å². The normalized spacial score (nSPS) is 23.2. The van der Waals surface area contributed by atoms with Crippen LogP contribution in [0.5, 0.6) is 0 Å². The number of benzene rings is 1. The molecule has 0 saturated carbocycles. The zero-order valence-electron chi connectivity index (χ0n) is 24.0. The fraction of sp³-hybridized carbons (Fsp3) is 0.667. The fourth-order valence-electron chi connectivity index (χ4n) is 6.60. The maximum absolute atomic E-state index is 12.5. The molecule has 212 valence electrons. The van der Waals surface area contributed by atoms with Crippen LogP contribution in [0.1, 0.15) is 89.3 Å². The average molecular weight is 538 g/mol. The van der Waals surface area contributed by atoms with Gasteiger partial charge in [-0.15, -0.1) is 0 Å². The monoisotopic (exact) mass is 537 g/mol. The van der Waals surface area contributed by atoms with Crippen LogP contribution in [0.3, 0.4) is 0 Å². The third-order valence-electron chi connectivity index (χ3n) is 8.92. The lowest BCUT2D eigenvalue weighted by Crippen LogP contribution is -2.48. The summed E-state index contributed by atoms with van der Waals surface area (Å²) < 4.78 is 7.43. The first kappa shape index (κ1) is 27.6. The number of hydrogen-bond acceptors (Lipinski definition) is 6. The van der Waals surface area contributed by atoms with Crippen LogP contribution in [-0.2, 0) is 21.4 Å². The van der Waals surface area contributed by atoms with Gasteiger partial charge in [-0.1, -0.05) is 12.1 Å². The van der Waals surface area contributed by atoms with Gasteiger partial charge in [-0.05, 0) is 96.4 Å². The van der Waals surface area contributed by atoms with Crippen LogP contribution in [0.2, 0.25) is 0 Å². The Morgan fingerprint density at radius 3 is 2.38 bits per heavy atom. The first-order valence-electron chi connectivity index (χ1n) is 14.5. The van der Waals surface area contributed by atoms with Crippen LogP contribution in [0.15, 0.2) is 18.2 Å². The summed E-state index contributed by atoms with van der Waals surface area (Å²) in [6.07, 6.45) is 4.94. The van der Waals surface area contributed by atoms with Crippen molar-refractivity contribution in [3.63, 3.8) is 0 Å². The molecule has 3 fully saturated rings. The molecule has 0 radical (unpaired) electrons. The standard InChI is InChI=1S/C30H43N5O4/c1-19(20-10-16-35(17-11-20)29(38)39-30(2,3)4)34-14-12-21(13-15-34)22-6-7-23-25(18-22)33(5)32-27(23)24-8-9-26(36)31-28(24)37/h6-7,18-21,24H,8-17H2,1-5H3,(H,31,36,37). The molecule has 1 N–H and O–H groups in total. The molecule has 9 heteroatoms. The summed E-state index contributed by atoms with van der Waals surface area (Å²) in [6, 6.07) is 7.07. The first-order valence-corrected chi connectivity index (χ1v) is 14.5. The summed E-state index contributed by atoms with van der Waals surface area (Å²) >= 11 is 0. The molecule has 5 rings (SSSR count). The fourth-order valence-corrected chi connectivity index (χ4v) is 6.60. The molecule has 2 unspecified atom stereocenters. The molecule has 0 spiro atoms. The largest absolute Gasteiger partial charge is 0.444 e. The summed E-state index contributed by atoms with van der Waals surface area (Å²) in [4.78, 5) is 41.0. The van der Waals surface area contributed by atoms with Crippen LogP contribution >= 0.6 is 0 Å². The molecular weight excluding hydrogens is 494 g/mol. The van der Waals surface area contributed by atoms with Gasteiger partial charge in [0.15, 0.2) is 0 Å². The highest BCUT2D eigenvalue weighted by molar-refractivity contribution is 6.02. The zero-order chi connectivity index (χ0) is 27.9. The number of nitrogens with one attached hydrogen (secondary N) is 1. The number of likely N-dealkylation sites (tertiary alicyclic amines) is 2. The minimum absolute atomic E-state index is 0.191. The predicted octanol–water partition coefficient (Wildman–Crippen LogP) is 4.31. The Morgan fingerprint density at radius 2 is 1.74 bits per heavy atom. The number of amides is 3. The van der Waals surface area contributed by atoms with Crippen LogP contribution in [-0.4, -0.2) is 75.3 Å². The second kappa shape index (κ2) is 10.9. The molecule has 9 nitrogen and oxygen atoms in total. The van der Waals surface area contributed by atoms with E-state index in [-0.39, 0.29) is 23.8 Å². The lowest BCUT2D eigenvalue weighted by atomic mass is 9.85. The molecule has 3 aliphatic rings. The zero-order valence-corrected chi connectivity index (χ0v) is 24.0. The van der Waals surface area contributed by atoms with Crippen molar-refractivity contribution in [3.8, 4) is 0 Å². The summed E-state index contributed by atoms with van der Waals surface area (Å²) in [7, 11) is 1.93. The molecule has 0 bridgehead atoms. The van der Waals surface area contributed by atoms with E-state index in [1.54, 1.807) is 0 Å². The van der Waals surface area contributed by atoms with Crippen molar-refractivity contribution in [3.05, 3.63) is 29.5 Å². The summed E-state index contributed by atoms with van der Waals surface area (Å²) in [6.45, 7) is 11.8. The van der Waals surface area contributed by atoms with Gasteiger partial charge in [0.2, 0.25) is 11.8 Å². The second-order valence-corrected chi connectivity index (χ2v) is 12.6. The molecule has 2 atom stereocenters. The van der Waals surface area contributed by atoms with Gasteiger partial charge in [0, 0.05) is 38.0 Å². The van der Waals surface area contributed by atoms with E-state index in [1.165, 1.54) is 5.56 Å². The third-order valence-corrected chi connectivity index (χ3v) is 8.92. The number of aromatic nitrogens is 2. The quantitative estimate of drug-likeness (QED) is 0.584. The molecule has 1 aromatic carbocycles. The van der Waals surface area contributed by atoms with Crippen molar-refractivity contribution in [2.75, 3.05) is 26.2 Å². The smallest absolute Gasteiger partial charge is 0.410 e. The van der Waals surface area contributed by atoms with Gasteiger partial charge < -0.3 is 14.5 Å². The number of carbonyl (C=O) groups excluding carboxylic acids is 3. The van der Waals surface area contributed by atoms with Crippen molar-refractivity contribution in [2.24, 2.45) is 13.0 Å². The highest BCUT2D eigenvalue weighted by Gasteiger charge is 2.34. The topological polar surface area (TPSA) is 96.8 Å². The number of piperidine rings is 3. The maximum Gasteiger partial charge on any atom is 0.410 e. The van der Waals surface area contributed by atoms with E-state index in [4.69, 9.17) is 9.84 Å². The molecule has 4 heterocycles. The minimum atomic E-state index is -0.456. The Hall–Kier alpha value is -2.94. The third kappa shape index (κ3) is 5.98. The van der Waals surface area contributed by atoms with E-state index in [0.29, 0.717) is 30.7 Å². The molecule has 2 aromatic rings. The first-order chi connectivity index (χ1) is 18.5. The highest BCUT2D eigenvalue weighted by Crippen LogP contribution is 2.36. The Balaban J connectivity index is 1.17. The number of aryl methyl sites for hydroxylation is 1.